The molecule has 5 atom stereocenters. The molecular weight excluding hydrogens is 500 g/mol. The summed E-state index contributed by atoms with van der Waals surface area (Å²) in [5, 5.41) is 0. The van der Waals surface area contributed by atoms with E-state index in [2.05, 4.69) is 15.5 Å². The van der Waals surface area contributed by atoms with Gasteiger partial charge in [0.15, 0.2) is 0 Å². The van der Waals surface area contributed by atoms with Gasteiger partial charge < -0.3 is 8.37 Å². The monoisotopic (exact) mass is 525 g/mol. The summed E-state index contributed by atoms with van der Waals surface area (Å²) in [6.07, 6.45) is 5.17. The highest BCUT2D eigenvalue weighted by Crippen LogP contribution is 2.59. The van der Waals surface area contributed by atoms with Gasteiger partial charge >= 0.3 is 20.9 Å². The third kappa shape index (κ3) is 4.80. The molecule has 2 aromatic carbocycles. The first kappa shape index (κ1) is 24.2. The van der Waals surface area contributed by atoms with Crippen LogP contribution in [-0.4, -0.2) is 18.4 Å². The first-order valence-corrected chi connectivity index (χ1v) is 14.1. The third-order valence-electron chi connectivity index (χ3n) is 7.85. The highest BCUT2D eigenvalue weighted by atomic mass is 32.3. The summed E-state index contributed by atoms with van der Waals surface area (Å²) in [4.78, 5) is 12.5. The maximum absolute atomic E-state index is 14.7. The number of rotatable bonds is 5. The fourth-order valence-electron chi connectivity index (χ4n) is 6.32. The Morgan fingerprint density at radius 3 is 2.37 bits per heavy atom. The summed E-state index contributed by atoms with van der Waals surface area (Å²) in [6.45, 7) is 2.13. The molecular formula is C24H25F2NO6S2. The molecule has 0 N–H and O–H groups in total. The van der Waals surface area contributed by atoms with Crippen LogP contribution in [0.2, 0.25) is 0 Å². The molecule has 0 spiro atoms. The Morgan fingerprint density at radius 2 is 1.66 bits per heavy atom. The zero-order valence-electron chi connectivity index (χ0n) is 19.0. The molecule has 11 heteroatoms. The molecule has 2 unspecified atom stereocenters. The predicted molar refractivity (Wildman–Crippen MR) is 125 cm³/mol. The van der Waals surface area contributed by atoms with E-state index in [0.717, 1.165) is 61.9 Å². The molecule has 0 aromatic heterocycles. The van der Waals surface area contributed by atoms with Crippen molar-refractivity contribution in [1.29, 1.82) is 0 Å². The molecule has 3 aliphatic rings. The van der Waals surface area contributed by atoms with Crippen LogP contribution in [0.4, 0.5) is 13.5 Å². The number of hydrogen-bond acceptors (Lipinski definition) is 7. The molecule has 188 valence electrons. The van der Waals surface area contributed by atoms with Crippen LogP contribution in [0.25, 0.3) is 0 Å². The molecule has 35 heavy (non-hydrogen) atoms. The summed E-state index contributed by atoms with van der Waals surface area (Å²) in [7, 11) is -9.80. The lowest BCUT2D eigenvalue weighted by atomic mass is 9.55. The Morgan fingerprint density at radius 1 is 0.943 bits per heavy atom. The summed E-state index contributed by atoms with van der Waals surface area (Å²) in [5.41, 5.74) is 1.92. The molecule has 0 saturated heterocycles. The van der Waals surface area contributed by atoms with Crippen LogP contribution >= 0.6 is 0 Å². The van der Waals surface area contributed by atoms with Crippen LogP contribution in [0.1, 0.15) is 56.1 Å². The number of carbonyl (C=O) groups excluding carboxylic acids is 1. The number of Topliss-reactive ketones (excluding diaryl/α,β-unsaturated/α-hetero) is 1. The molecule has 0 radical (unpaired) electrons. The van der Waals surface area contributed by atoms with E-state index in [4.69, 9.17) is 4.18 Å². The van der Waals surface area contributed by atoms with Gasteiger partial charge in [-0.15, -0.1) is 4.36 Å². The molecule has 2 saturated carbocycles. The smallest absolute Gasteiger partial charge is 0.373 e. The Labute approximate surface area is 203 Å². The molecule has 2 aromatic rings. The number of benzene rings is 2. The van der Waals surface area contributed by atoms with Crippen LogP contribution in [-0.2, 0) is 32.1 Å². The zero-order chi connectivity index (χ0) is 25.0. The largest absolute Gasteiger partial charge is 0.488 e. The number of fused-ring (bicyclic) bond motifs is 5. The van der Waals surface area contributed by atoms with Gasteiger partial charge in [0.05, 0.1) is 5.69 Å². The molecule has 7 nitrogen and oxygen atoms in total. The van der Waals surface area contributed by atoms with Gasteiger partial charge in [-0.05, 0) is 97.4 Å². The van der Waals surface area contributed by atoms with Gasteiger partial charge in [0, 0.05) is 11.8 Å². The highest BCUT2D eigenvalue weighted by Gasteiger charge is 2.54. The second kappa shape index (κ2) is 8.55. The SMILES string of the molecule is C[C@]12CC[C@@H]3c4ccc(OS(=O)(F)=Nc5ccc(OS(=O)(=O)F)cc5)cc4CC[C@H]3C1CCC2=O. The van der Waals surface area contributed by atoms with Gasteiger partial charge in [-0.2, -0.15) is 12.6 Å². The average molecular weight is 526 g/mol. The molecule has 2 fully saturated rings. The predicted octanol–water partition coefficient (Wildman–Crippen LogP) is 5.68. The minimum Gasteiger partial charge on any atom is -0.373 e. The Kier molecular flexibility index (Phi) is 5.90. The molecule has 3 aliphatic carbocycles. The van der Waals surface area contributed by atoms with Gasteiger partial charge in [-0.25, -0.2) is 0 Å². The van der Waals surface area contributed by atoms with E-state index < -0.39 is 20.9 Å². The lowest BCUT2D eigenvalue weighted by Crippen LogP contribution is -2.42. The summed E-state index contributed by atoms with van der Waals surface area (Å²) in [5.74, 6) is 1.37. The summed E-state index contributed by atoms with van der Waals surface area (Å²) >= 11 is 0. The first-order valence-electron chi connectivity index (χ1n) is 11.5. The Hall–Kier alpha value is -2.53. The summed E-state index contributed by atoms with van der Waals surface area (Å²) < 4.78 is 73.3. The minimum absolute atomic E-state index is 0.0959. The summed E-state index contributed by atoms with van der Waals surface area (Å²) in [6, 6.07) is 9.55. The van der Waals surface area contributed by atoms with Crippen molar-refractivity contribution >= 4 is 32.4 Å². The number of carbonyl (C=O) groups is 1. The van der Waals surface area contributed by atoms with Crippen molar-refractivity contribution < 1.29 is 33.6 Å². The van der Waals surface area contributed by atoms with Crippen molar-refractivity contribution in [2.24, 2.45) is 21.6 Å². The second-order valence-corrected chi connectivity index (χ2v) is 11.9. The van der Waals surface area contributed by atoms with Crippen molar-refractivity contribution in [1.82, 2.24) is 0 Å². The molecule has 0 amide bonds. The van der Waals surface area contributed by atoms with E-state index in [1.165, 1.54) is 5.56 Å². The van der Waals surface area contributed by atoms with Crippen molar-refractivity contribution in [3.05, 3.63) is 53.6 Å². The van der Waals surface area contributed by atoms with E-state index in [9.17, 15) is 25.2 Å². The molecule has 0 bridgehead atoms. The van der Waals surface area contributed by atoms with Crippen LogP contribution in [0, 0.1) is 17.3 Å². The van der Waals surface area contributed by atoms with Gasteiger partial charge in [0.1, 0.15) is 17.3 Å². The maximum atomic E-state index is 14.7. The van der Waals surface area contributed by atoms with Gasteiger partial charge in [0.2, 0.25) is 0 Å². The quantitative estimate of drug-likeness (QED) is 0.466. The van der Waals surface area contributed by atoms with E-state index in [-0.39, 0.29) is 22.6 Å². The van der Waals surface area contributed by atoms with Crippen molar-refractivity contribution in [2.45, 2.75) is 51.4 Å². The van der Waals surface area contributed by atoms with Crippen molar-refractivity contribution in [2.75, 3.05) is 0 Å². The Bertz CT molecular complexity index is 1400. The fraction of sp³-hybridized carbons (Fsp3) is 0.458. The van der Waals surface area contributed by atoms with Crippen molar-refractivity contribution in [3.8, 4) is 11.5 Å². The number of ketones is 1. The fourth-order valence-corrected chi connectivity index (χ4v) is 7.42. The number of halogens is 2. The van der Waals surface area contributed by atoms with Crippen LogP contribution in [0.3, 0.4) is 0 Å². The lowest BCUT2D eigenvalue weighted by molar-refractivity contribution is -0.129. The standard InChI is InChI=1S/C24H25F2NO6S2/c1-24-13-12-20-19-9-7-18(14-15(19)2-8-21(20)22(24)10-11-23(24)28)32-34(25,29)27-16-3-5-17(6-4-16)33-35(26,30)31/h3-7,9,14,20-22H,2,8,10-13H2,1H3/t20-,21-,22?,24+,34?/m1/s1. The van der Waals surface area contributed by atoms with Crippen LogP contribution < -0.4 is 8.37 Å². The average Bonchev–Trinajstić information content (AvgIpc) is 3.08. The Balaban J connectivity index is 1.33. The lowest BCUT2D eigenvalue weighted by Gasteiger charge is -2.48. The zero-order valence-corrected chi connectivity index (χ0v) is 20.6. The number of aryl methyl sites for hydroxylation is 1. The topological polar surface area (TPSA) is 99.1 Å². The number of nitrogens with zero attached hydrogens (tertiary/aromatic N) is 1. The van der Waals surface area contributed by atoms with E-state index >= 15 is 0 Å². The van der Waals surface area contributed by atoms with E-state index in [1.807, 2.05) is 6.07 Å². The van der Waals surface area contributed by atoms with Gasteiger partial charge in [-0.1, -0.05) is 20.8 Å². The van der Waals surface area contributed by atoms with Crippen molar-refractivity contribution in [3.63, 3.8) is 0 Å². The van der Waals surface area contributed by atoms with E-state index in [0.29, 0.717) is 30.0 Å². The maximum Gasteiger partial charge on any atom is 0.488 e. The van der Waals surface area contributed by atoms with Crippen LogP contribution in [0.5, 0.6) is 11.5 Å². The highest BCUT2D eigenvalue weighted by molar-refractivity contribution is 7.84. The number of hydrogen-bond donors (Lipinski definition) is 0. The minimum atomic E-state index is -5.19. The van der Waals surface area contributed by atoms with E-state index in [1.54, 1.807) is 12.1 Å². The third-order valence-corrected chi connectivity index (χ3v) is 9.07. The molecule has 5 rings (SSSR count). The normalized spacial score (nSPS) is 29.3. The first-order chi connectivity index (χ1) is 16.4. The van der Waals surface area contributed by atoms with Gasteiger partial charge in [0.25, 0.3) is 0 Å². The second-order valence-electron chi connectivity index (χ2n) is 9.75. The van der Waals surface area contributed by atoms with Gasteiger partial charge in [-0.3, -0.25) is 4.79 Å². The van der Waals surface area contributed by atoms with Crippen LogP contribution in [0.15, 0.2) is 46.8 Å². The molecule has 0 aliphatic heterocycles. The molecule has 0 heterocycles.